The highest BCUT2D eigenvalue weighted by molar-refractivity contribution is 6.32. The van der Waals surface area contributed by atoms with Crippen LogP contribution < -0.4 is 10.1 Å². The third-order valence-corrected chi connectivity index (χ3v) is 3.46. The first-order chi connectivity index (χ1) is 8.20. The summed E-state index contributed by atoms with van der Waals surface area (Å²) in [6.45, 7) is 3.76. The summed E-state index contributed by atoms with van der Waals surface area (Å²) >= 11 is 6.08. The average molecular weight is 256 g/mol. The molecule has 1 N–H and O–H groups in total. The minimum Gasteiger partial charge on any atom is -0.495 e. The summed E-state index contributed by atoms with van der Waals surface area (Å²) in [4.78, 5) is 0. The molecule has 3 nitrogen and oxygen atoms in total. The SMILES string of the molecule is COc1ccc(CNC2CCOC2C)cc1Cl. The fourth-order valence-corrected chi connectivity index (χ4v) is 2.35. The molecule has 2 rings (SSSR count). The first-order valence-electron chi connectivity index (χ1n) is 5.88. The van der Waals surface area contributed by atoms with Gasteiger partial charge in [0.2, 0.25) is 0 Å². The minimum absolute atomic E-state index is 0.295. The largest absolute Gasteiger partial charge is 0.495 e. The van der Waals surface area contributed by atoms with E-state index in [0.717, 1.165) is 25.1 Å². The Hall–Kier alpha value is -0.770. The summed E-state index contributed by atoms with van der Waals surface area (Å²) in [6, 6.07) is 6.30. The van der Waals surface area contributed by atoms with E-state index in [9.17, 15) is 0 Å². The van der Waals surface area contributed by atoms with Crippen LogP contribution in [0.1, 0.15) is 18.9 Å². The van der Waals surface area contributed by atoms with Crippen LogP contribution in [0, 0.1) is 0 Å². The van der Waals surface area contributed by atoms with Gasteiger partial charge in [-0.2, -0.15) is 0 Å². The van der Waals surface area contributed by atoms with Crippen LogP contribution in [0.3, 0.4) is 0 Å². The van der Waals surface area contributed by atoms with Crippen molar-refractivity contribution in [2.75, 3.05) is 13.7 Å². The van der Waals surface area contributed by atoms with Crippen LogP contribution >= 0.6 is 11.6 Å². The van der Waals surface area contributed by atoms with Crippen LogP contribution in [-0.2, 0) is 11.3 Å². The van der Waals surface area contributed by atoms with Crippen LogP contribution in [0.25, 0.3) is 0 Å². The number of hydrogen-bond acceptors (Lipinski definition) is 3. The van der Waals surface area contributed by atoms with E-state index in [4.69, 9.17) is 21.1 Å². The maximum Gasteiger partial charge on any atom is 0.137 e. The van der Waals surface area contributed by atoms with Gasteiger partial charge in [-0.25, -0.2) is 0 Å². The topological polar surface area (TPSA) is 30.5 Å². The molecule has 2 unspecified atom stereocenters. The molecule has 1 aliphatic heterocycles. The maximum absolute atomic E-state index is 6.08. The molecule has 17 heavy (non-hydrogen) atoms. The summed E-state index contributed by atoms with van der Waals surface area (Å²) in [6.07, 6.45) is 1.37. The van der Waals surface area contributed by atoms with Crippen LogP contribution in [0.4, 0.5) is 0 Å². The Balaban J connectivity index is 1.92. The van der Waals surface area contributed by atoms with Crippen molar-refractivity contribution in [3.05, 3.63) is 28.8 Å². The summed E-state index contributed by atoms with van der Waals surface area (Å²) in [5.41, 5.74) is 1.16. The molecule has 0 bridgehead atoms. The Morgan fingerprint density at radius 3 is 2.94 bits per heavy atom. The van der Waals surface area contributed by atoms with E-state index in [2.05, 4.69) is 12.2 Å². The fraction of sp³-hybridized carbons (Fsp3) is 0.538. The number of halogens is 1. The van der Waals surface area contributed by atoms with Gasteiger partial charge in [-0.15, -0.1) is 0 Å². The molecule has 0 aliphatic carbocycles. The van der Waals surface area contributed by atoms with Crippen LogP contribution in [0.5, 0.6) is 5.75 Å². The van der Waals surface area contributed by atoms with Crippen LogP contribution in [0.15, 0.2) is 18.2 Å². The highest BCUT2D eigenvalue weighted by atomic mass is 35.5. The van der Waals surface area contributed by atoms with E-state index >= 15 is 0 Å². The van der Waals surface area contributed by atoms with Gasteiger partial charge in [-0.3, -0.25) is 0 Å². The lowest BCUT2D eigenvalue weighted by Crippen LogP contribution is -2.34. The molecule has 1 aromatic rings. The average Bonchev–Trinajstić information content (AvgIpc) is 2.72. The monoisotopic (exact) mass is 255 g/mol. The van der Waals surface area contributed by atoms with Gasteiger partial charge >= 0.3 is 0 Å². The van der Waals surface area contributed by atoms with Crippen molar-refractivity contribution >= 4 is 11.6 Å². The van der Waals surface area contributed by atoms with Gasteiger partial charge in [0.05, 0.1) is 18.2 Å². The Morgan fingerprint density at radius 2 is 2.35 bits per heavy atom. The summed E-state index contributed by atoms with van der Waals surface area (Å²) in [7, 11) is 1.62. The minimum atomic E-state index is 0.295. The van der Waals surface area contributed by atoms with Gasteiger partial charge in [-0.1, -0.05) is 17.7 Å². The van der Waals surface area contributed by atoms with E-state index in [1.807, 2.05) is 18.2 Å². The lowest BCUT2D eigenvalue weighted by Gasteiger charge is -2.16. The smallest absolute Gasteiger partial charge is 0.137 e. The molecule has 1 fully saturated rings. The molecule has 0 radical (unpaired) electrons. The quantitative estimate of drug-likeness (QED) is 0.897. The molecule has 0 aromatic heterocycles. The normalized spacial score (nSPS) is 23.9. The molecule has 4 heteroatoms. The number of methoxy groups -OCH3 is 1. The van der Waals surface area contributed by atoms with Crippen molar-refractivity contribution < 1.29 is 9.47 Å². The van der Waals surface area contributed by atoms with Gasteiger partial charge in [0, 0.05) is 19.2 Å². The zero-order valence-electron chi connectivity index (χ0n) is 10.2. The zero-order valence-corrected chi connectivity index (χ0v) is 11.0. The number of rotatable bonds is 4. The molecule has 2 atom stereocenters. The molecular formula is C13H18ClNO2. The van der Waals surface area contributed by atoms with Crippen LogP contribution in [-0.4, -0.2) is 25.9 Å². The molecule has 0 spiro atoms. The standard InChI is InChI=1S/C13H18ClNO2/c1-9-12(5-6-17-9)15-8-10-3-4-13(16-2)11(14)7-10/h3-4,7,9,12,15H,5-6,8H2,1-2H3. The first-order valence-corrected chi connectivity index (χ1v) is 6.26. The predicted octanol–water partition coefficient (Wildman–Crippen LogP) is 2.62. The maximum atomic E-state index is 6.08. The lowest BCUT2D eigenvalue weighted by atomic mass is 10.1. The van der Waals surface area contributed by atoms with E-state index in [0.29, 0.717) is 22.9 Å². The second-order valence-electron chi connectivity index (χ2n) is 4.32. The van der Waals surface area contributed by atoms with Crippen molar-refractivity contribution in [3.63, 3.8) is 0 Å². The third kappa shape index (κ3) is 3.12. The van der Waals surface area contributed by atoms with Gasteiger partial charge < -0.3 is 14.8 Å². The van der Waals surface area contributed by atoms with Gasteiger partial charge in [-0.05, 0) is 31.0 Å². The lowest BCUT2D eigenvalue weighted by molar-refractivity contribution is 0.113. The van der Waals surface area contributed by atoms with Gasteiger partial charge in [0.1, 0.15) is 5.75 Å². The number of hydrogen-bond donors (Lipinski definition) is 1. The zero-order chi connectivity index (χ0) is 12.3. The Labute approximate surface area is 107 Å². The number of ether oxygens (including phenoxy) is 2. The summed E-state index contributed by atoms with van der Waals surface area (Å²) < 4.78 is 10.6. The molecule has 0 saturated carbocycles. The molecule has 1 heterocycles. The highest BCUT2D eigenvalue weighted by Gasteiger charge is 2.23. The summed E-state index contributed by atoms with van der Waals surface area (Å²) in [5, 5.41) is 4.14. The first kappa shape index (κ1) is 12.7. The second kappa shape index (κ2) is 5.71. The Morgan fingerprint density at radius 1 is 1.53 bits per heavy atom. The van der Waals surface area contributed by atoms with Crippen molar-refractivity contribution in [1.29, 1.82) is 0 Å². The molecule has 1 aliphatic rings. The van der Waals surface area contributed by atoms with E-state index in [-0.39, 0.29) is 0 Å². The highest BCUT2D eigenvalue weighted by Crippen LogP contribution is 2.25. The number of benzene rings is 1. The second-order valence-corrected chi connectivity index (χ2v) is 4.73. The van der Waals surface area contributed by atoms with E-state index in [1.165, 1.54) is 0 Å². The van der Waals surface area contributed by atoms with Gasteiger partial charge in [0.15, 0.2) is 0 Å². The van der Waals surface area contributed by atoms with Crippen LogP contribution in [0.2, 0.25) is 5.02 Å². The van der Waals surface area contributed by atoms with E-state index < -0.39 is 0 Å². The fourth-order valence-electron chi connectivity index (χ4n) is 2.07. The molecule has 1 saturated heterocycles. The van der Waals surface area contributed by atoms with Crippen molar-refractivity contribution in [3.8, 4) is 5.75 Å². The molecule has 0 amide bonds. The Kier molecular flexibility index (Phi) is 4.26. The number of nitrogens with one attached hydrogen (secondary N) is 1. The van der Waals surface area contributed by atoms with E-state index in [1.54, 1.807) is 7.11 Å². The molecule has 94 valence electrons. The predicted molar refractivity (Wildman–Crippen MR) is 68.7 cm³/mol. The van der Waals surface area contributed by atoms with Gasteiger partial charge in [0.25, 0.3) is 0 Å². The van der Waals surface area contributed by atoms with Crippen molar-refractivity contribution in [2.24, 2.45) is 0 Å². The van der Waals surface area contributed by atoms with Crippen molar-refractivity contribution in [1.82, 2.24) is 5.32 Å². The molecular weight excluding hydrogens is 238 g/mol. The van der Waals surface area contributed by atoms with Crippen molar-refractivity contribution in [2.45, 2.75) is 32.0 Å². The molecule has 1 aromatic carbocycles. The third-order valence-electron chi connectivity index (χ3n) is 3.16. The Bertz CT molecular complexity index is 384. The summed E-state index contributed by atoms with van der Waals surface area (Å²) in [5.74, 6) is 0.716.